The van der Waals surface area contributed by atoms with E-state index in [1.807, 2.05) is 0 Å². The van der Waals surface area contributed by atoms with Gasteiger partial charge in [-0.05, 0) is 72.8 Å². The number of ether oxygens (including phenoxy) is 1. The van der Waals surface area contributed by atoms with E-state index < -0.39 is 29.0 Å². The number of pyridine rings is 1. The number of carbonyl (C=O) groups is 1. The number of aromatic nitrogens is 1. The number of phenols is 1. The van der Waals surface area contributed by atoms with Crippen molar-refractivity contribution in [3.63, 3.8) is 0 Å². The molecule has 4 rings (SSSR count). The van der Waals surface area contributed by atoms with Gasteiger partial charge in [0.15, 0.2) is 0 Å². The van der Waals surface area contributed by atoms with Crippen LogP contribution in [0.1, 0.15) is 15.9 Å². The minimum absolute atomic E-state index is 0.0472. The molecule has 0 aliphatic heterocycles. The summed E-state index contributed by atoms with van der Waals surface area (Å²) in [7, 11) is 0. The molecule has 0 aliphatic carbocycles. The van der Waals surface area contributed by atoms with Crippen molar-refractivity contribution in [3.05, 3.63) is 118 Å². The van der Waals surface area contributed by atoms with Crippen LogP contribution in [-0.2, 0) is 6.18 Å². The second kappa shape index (κ2) is 11.2. The van der Waals surface area contributed by atoms with Crippen molar-refractivity contribution in [1.29, 1.82) is 0 Å². The molecule has 186 valence electrons. The number of aromatic amines is 1. The number of benzene rings is 3. The summed E-state index contributed by atoms with van der Waals surface area (Å²) in [6.45, 7) is 0. The number of amides is 1. The highest BCUT2D eigenvalue weighted by molar-refractivity contribution is 6.06. The lowest BCUT2D eigenvalue weighted by atomic mass is 10.1. The van der Waals surface area contributed by atoms with Gasteiger partial charge in [-0.1, -0.05) is 0 Å². The Kier molecular flexibility index (Phi) is 8.05. The van der Waals surface area contributed by atoms with Crippen LogP contribution >= 0.6 is 0 Å². The average Bonchev–Trinajstić information content (AvgIpc) is 2.82. The highest BCUT2D eigenvalue weighted by Crippen LogP contribution is 2.35. The summed E-state index contributed by atoms with van der Waals surface area (Å²) in [4.78, 5) is 26.2. The standard InChI is InChI=1S/C19H12F4N2O3.C6H5FO/c20-12-2-4-14(5-3-12)28-16-9-11(19(21,22)23)1-6-15(16)18(27)25-13-7-8-24-17(26)10-13;7-5-1-3-6(8)4-2-5/h1-10H,(H2,24,25,26,27);1-4,8H. The number of rotatable bonds is 4. The molecule has 1 amide bonds. The monoisotopic (exact) mass is 504 g/mol. The molecule has 1 aromatic heterocycles. The van der Waals surface area contributed by atoms with Gasteiger partial charge in [0, 0.05) is 18.0 Å². The number of nitrogens with one attached hydrogen (secondary N) is 2. The van der Waals surface area contributed by atoms with Gasteiger partial charge < -0.3 is 20.1 Å². The molecule has 0 bridgehead atoms. The van der Waals surface area contributed by atoms with E-state index in [0.717, 1.165) is 30.3 Å². The smallest absolute Gasteiger partial charge is 0.416 e. The van der Waals surface area contributed by atoms with Crippen LogP contribution < -0.4 is 15.6 Å². The molecule has 0 unspecified atom stereocenters. The third kappa shape index (κ3) is 7.42. The summed E-state index contributed by atoms with van der Waals surface area (Å²) in [5.74, 6) is -1.90. The van der Waals surface area contributed by atoms with Crippen LogP contribution in [0, 0.1) is 11.6 Å². The van der Waals surface area contributed by atoms with Gasteiger partial charge in [0.2, 0.25) is 5.56 Å². The summed E-state index contributed by atoms with van der Waals surface area (Å²) in [5.41, 5.74) is -1.52. The van der Waals surface area contributed by atoms with Gasteiger partial charge in [-0.15, -0.1) is 0 Å². The molecular weight excluding hydrogens is 487 g/mol. The zero-order valence-corrected chi connectivity index (χ0v) is 18.1. The number of aromatic hydroxyl groups is 1. The largest absolute Gasteiger partial charge is 0.508 e. The van der Waals surface area contributed by atoms with Crippen molar-refractivity contribution >= 4 is 11.6 Å². The number of anilines is 1. The predicted molar refractivity (Wildman–Crippen MR) is 121 cm³/mol. The molecule has 1 heterocycles. The van der Waals surface area contributed by atoms with Gasteiger partial charge in [0.05, 0.1) is 11.1 Å². The summed E-state index contributed by atoms with van der Waals surface area (Å²) >= 11 is 0. The summed E-state index contributed by atoms with van der Waals surface area (Å²) < 4.78 is 69.5. The molecule has 0 saturated heterocycles. The van der Waals surface area contributed by atoms with Gasteiger partial charge in [-0.2, -0.15) is 13.2 Å². The van der Waals surface area contributed by atoms with Crippen molar-refractivity contribution in [3.8, 4) is 17.2 Å². The van der Waals surface area contributed by atoms with Gasteiger partial charge >= 0.3 is 6.18 Å². The first kappa shape index (κ1) is 25.9. The van der Waals surface area contributed by atoms with Crippen molar-refractivity contribution in [2.24, 2.45) is 0 Å². The molecular formula is C25H17F5N2O4. The normalized spacial score (nSPS) is 10.7. The number of hydrogen-bond donors (Lipinski definition) is 3. The Hall–Kier alpha value is -4.67. The van der Waals surface area contributed by atoms with Crippen LogP contribution in [0.5, 0.6) is 17.2 Å². The zero-order valence-electron chi connectivity index (χ0n) is 18.1. The molecule has 3 N–H and O–H groups in total. The Morgan fingerprint density at radius 1 is 0.861 bits per heavy atom. The molecule has 3 aromatic carbocycles. The number of H-pyrrole nitrogens is 1. The van der Waals surface area contributed by atoms with Gasteiger partial charge in [-0.25, -0.2) is 8.78 Å². The Bertz CT molecular complexity index is 1360. The molecule has 11 heteroatoms. The zero-order chi connectivity index (χ0) is 26.3. The first-order chi connectivity index (χ1) is 17.0. The lowest BCUT2D eigenvalue weighted by Gasteiger charge is -2.14. The molecule has 36 heavy (non-hydrogen) atoms. The van der Waals surface area contributed by atoms with Gasteiger partial charge in [0.1, 0.15) is 28.9 Å². The van der Waals surface area contributed by atoms with Crippen molar-refractivity contribution in [2.45, 2.75) is 6.18 Å². The lowest BCUT2D eigenvalue weighted by Crippen LogP contribution is -2.16. The van der Waals surface area contributed by atoms with Crippen LogP contribution in [0.3, 0.4) is 0 Å². The van der Waals surface area contributed by atoms with E-state index in [-0.39, 0.29) is 34.3 Å². The molecule has 0 saturated carbocycles. The Morgan fingerprint density at radius 3 is 2.03 bits per heavy atom. The number of hydrogen-bond acceptors (Lipinski definition) is 4. The fourth-order valence-electron chi connectivity index (χ4n) is 2.76. The van der Waals surface area contributed by atoms with Crippen LogP contribution in [0.4, 0.5) is 27.6 Å². The molecule has 0 fully saturated rings. The lowest BCUT2D eigenvalue weighted by molar-refractivity contribution is -0.137. The minimum Gasteiger partial charge on any atom is -0.508 e. The maximum absolute atomic E-state index is 13.0. The average molecular weight is 504 g/mol. The van der Waals surface area contributed by atoms with E-state index in [4.69, 9.17) is 9.84 Å². The third-order valence-corrected chi connectivity index (χ3v) is 4.45. The Morgan fingerprint density at radius 2 is 1.47 bits per heavy atom. The van der Waals surface area contributed by atoms with Crippen LogP contribution in [0.15, 0.2) is 89.9 Å². The molecule has 6 nitrogen and oxygen atoms in total. The summed E-state index contributed by atoms with van der Waals surface area (Å²) in [6.07, 6.45) is -3.34. The predicted octanol–water partition coefficient (Wildman–Crippen LogP) is 6.11. The highest BCUT2D eigenvalue weighted by atomic mass is 19.4. The van der Waals surface area contributed by atoms with Crippen molar-refractivity contribution in [1.82, 2.24) is 4.98 Å². The molecule has 0 aliphatic rings. The van der Waals surface area contributed by atoms with E-state index in [9.17, 15) is 31.5 Å². The van der Waals surface area contributed by atoms with Gasteiger partial charge in [-0.3, -0.25) is 9.59 Å². The first-order valence-corrected chi connectivity index (χ1v) is 10.1. The number of alkyl halides is 3. The maximum Gasteiger partial charge on any atom is 0.416 e. The third-order valence-electron chi connectivity index (χ3n) is 4.45. The van der Waals surface area contributed by atoms with E-state index in [2.05, 4.69) is 10.3 Å². The van der Waals surface area contributed by atoms with Crippen molar-refractivity contribution < 1.29 is 36.6 Å². The van der Waals surface area contributed by atoms with Crippen LogP contribution in [-0.4, -0.2) is 16.0 Å². The van der Waals surface area contributed by atoms with Gasteiger partial charge in [0.25, 0.3) is 5.91 Å². The summed E-state index contributed by atoms with van der Waals surface area (Å²) in [5, 5.41) is 11.0. The van der Waals surface area contributed by atoms with E-state index >= 15 is 0 Å². The van der Waals surface area contributed by atoms with Crippen LogP contribution in [0.2, 0.25) is 0 Å². The van der Waals surface area contributed by atoms with Crippen molar-refractivity contribution in [2.75, 3.05) is 5.32 Å². The van der Waals surface area contributed by atoms with E-state index in [0.29, 0.717) is 6.07 Å². The topological polar surface area (TPSA) is 91.4 Å². The van der Waals surface area contributed by atoms with E-state index in [1.54, 1.807) is 0 Å². The number of carbonyl (C=O) groups excluding carboxylic acids is 1. The fourth-order valence-corrected chi connectivity index (χ4v) is 2.76. The Balaban J connectivity index is 0.000000383. The fraction of sp³-hybridized carbons (Fsp3) is 0.0400. The quantitative estimate of drug-likeness (QED) is 0.293. The van der Waals surface area contributed by atoms with E-state index in [1.165, 1.54) is 48.7 Å². The van der Waals surface area contributed by atoms with Crippen LogP contribution in [0.25, 0.3) is 0 Å². The number of halogens is 5. The maximum atomic E-state index is 13.0. The highest BCUT2D eigenvalue weighted by Gasteiger charge is 2.32. The summed E-state index contributed by atoms with van der Waals surface area (Å²) in [6, 6.07) is 14.5. The number of phenolic OH excluding ortho intramolecular Hbond substituents is 1. The SMILES string of the molecule is O=C(Nc1cc[nH]c(=O)c1)c1ccc(C(F)(F)F)cc1Oc1ccc(F)cc1.Oc1ccc(F)cc1. The molecule has 0 radical (unpaired) electrons. The second-order valence-corrected chi connectivity index (χ2v) is 7.14. The minimum atomic E-state index is -4.65. The molecule has 0 atom stereocenters. The first-order valence-electron chi connectivity index (χ1n) is 10.1. The molecule has 4 aromatic rings. The second-order valence-electron chi connectivity index (χ2n) is 7.14. The Labute approximate surface area is 200 Å². The molecule has 0 spiro atoms.